The average molecular weight is 293 g/mol. The van der Waals surface area contributed by atoms with Gasteiger partial charge in [-0.1, -0.05) is 15.9 Å². The predicted molar refractivity (Wildman–Crippen MR) is 52.4 cm³/mol. The molecule has 0 unspecified atom stereocenters. The number of hydrogen-bond acceptors (Lipinski definition) is 3. The van der Waals surface area contributed by atoms with Crippen LogP contribution in [0, 0.1) is 0 Å². The van der Waals surface area contributed by atoms with Crippen LogP contribution in [0.2, 0.25) is 0 Å². The zero-order chi connectivity index (χ0) is 11.8. The van der Waals surface area contributed by atoms with Gasteiger partial charge in [-0.15, -0.1) is 10.2 Å². The molecule has 1 aromatic heterocycles. The largest absolute Gasteiger partial charge is 0.423 e. The molecule has 0 spiro atoms. The van der Waals surface area contributed by atoms with Crippen molar-refractivity contribution in [1.29, 1.82) is 0 Å². The SMILES string of the molecule is FC(F)(F)c1cc(Br)cc(-c2nnco2)c1. The summed E-state index contributed by atoms with van der Waals surface area (Å²) in [6.07, 6.45) is -3.35. The van der Waals surface area contributed by atoms with Crippen molar-refractivity contribution in [2.75, 3.05) is 0 Å². The molecule has 0 saturated heterocycles. The van der Waals surface area contributed by atoms with Crippen molar-refractivity contribution in [2.45, 2.75) is 6.18 Å². The molecule has 0 fully saturated rings. The summed E-state index contributed by atoms with van der Waals surface area (Å²) in [6.45, 7) is 0. The van der Waals surface area contributed by atoms with E-state index in [4.69, 9.17) is 4.42 Å². The molecule has 7 heteroatoms. The molecular formula is C9H4BrF3N2O. The molecule has 3 nitrogen and oxygen atoms in total. The Labute approximate surface area is 96.4 Å². The van der Waals surface area contributed by atoms with Crippen molar-refractivity contribution in [3.8, 4) is 11.5 Å². The molecule has 84 valence electrons. The normalized spacial score (nSPS) is 11.8. The zero-order valence-electron chi connectivity index (χ0n) is 7.62. The molecular weight excluding hydrogens is 289 g/mol. The highest BCUT2D eigenvalue weighted by atomic mass is 79.9. The molecule has 1 heterocycles. The number of halogens is 4. The second-order valence-electron chi connectivity index (χ2n) is 2.97. The molecule has 16 heavy (non-hydrogen) atoms. The molecule has 0 bridgehead atoms. The molecule has 2 rings (SSSR count). The van der Waals surface area contributed by atoms with E-state index in [9.17, 15) is 13.2 Å². The van der Waals surface area contributed by atoms with Crippen molar-refractivity contribution in [3.05, 3.63) is 34.6 Å². The van der Waals surface area contributed by atoms with Gasteiger partial charge in [0.15, 0.2) is 0 Å². The van der Waals surface area contributed by atoms with Gasteiger partial charge in [-0.25, -0.2) is 0 Å². The lowest BCUT2D eigenvalue weighted by molar-refractivity contribution is -0.137. The smallest absolute Gasteiger partial charge is 0.416 e. The summed E-state index contributed by atoms with van der Waals surface area (Å²) in [6, 6.07) is 3.42. The van der Waals surface area contributed by atoms with Crippen LogP contribution >= 0.6 is 15.9 Å². The maximum Gasteiger partial charge on any atom is 0.416 e. The Morgan fingerprint density at radius 1 is 1.19 bits per heavy atom. The maximum absolute atomic E-state index is 12.5. The Hall–Kier alpha value is -1.37. The van der Waals surface area contributed by atoms with Crippen LogP contribution in [0.15, 0.2) is 33.5 Å². The summed E-state index contributed by atoms with van der Waals surface area (Å²) >= 11 is 3.00. The van der Waals surface area contributed by atoms with E-state index >= 15 is 0 Å². The Balaban J connectivity index is 2.53. The lowest BCUT2D eigenvalue weighted by Crippen LogP contribution is -2.04. The third-order valence-corrected chi connectivity index (χ3v) is 2.29. The zero-order valence-corrected chi connectivity index (χ0v) is 9.21. The van der Waals surface area contributed by atoms with Gasteiger partial charge >= 0.3 is 6.18 Å². The van der Waals surface area contributed by atoms with Crippen molar-refractivity contribution < 1.29 is 17.6 Å². The molecule has 0 N–H and O–H groups in total. The van der Waals surface area contributed by atoms with E-state index in [1.165, 1.54) is 6.07 Å². The first kappa shape index (κ1) is 11.1. The molecule has 0 radical (unpaired) electrons. The molecule has 1 aromatic carbocycles. The van der Waals surface area contributed by atoms with Crippen LogP contribution < -0.4 is 0 Å². The minimum Gasteiger partial charge on any atom is -0.423 e. The highest BCUT2D eigenvalue weighted by molar-refractivity contribution is 9.10. The van der Waals surface area contributed by atoms with Crippen LogP contribution in [0.4, 0.5) is 13.2 Å². The van der Waals surface area contributed by atoms with Crippen LogP contribution in [0.5, 0.6) is 0 Å². The standard InChI is InChI=1S/C9H4BrF3N2O/c10-7-2-5(8-15-14-4-16-8)1-6(3-7)9(11,12)13/h1-4H. The van der Waals surface area contributed by atoms with Crippen molar-refractivity contribution >= 4 is 15.9 Å². The van der Waals surface area contributed by atoms with E-state index in [2.05, 4.69) is 26.1 Å². The van der Waals surface area contributed by atoms with Gasteiger partial charge in [-0.05, 0) is 18.2 Å². The summed E-state index contributed by atoms with van der Waals surface area (Å²) in [4.78, 5) is 0. The van der Waals surface area contributed by atoms with Crippen molar-refractivity contribution in [3.63, 3.8) is 0 Å². The lowest BCUT2D eigenvalue weighted by atomic mass is 10.1. The quantitative estimate of drug-likeness (QED) is 0.807. The summed E-state index contributed by atoms with van der Waals surface area (Å²) in [7, 11) is 0. The first-order valence-corrected chi connectivity index (χ1v) is 4.90. The minimum absolute atomic E-state index is 0.0480. The van der Waals surface area contributed by atoms with Gasteiger partial charge in [0.25, 0.3) is 0 Å². The van der Waals surface area contributed by atoms with Gasteiger partial charge in [0.1, 0.15) is 0 Å². The van der Waals surface area contributed by atoms with Crippen molar-refractivity contribution in [2.24, 2.45) is 0 Å². The van der Waals surface area contributed by atoms with Crippen LogP contribution in [0.1, 0.15) is 5.56 Å². The molecule has 0 aliphatic heterocycles. The topological polar surface area (TPSA) is 38.9 Å². The summed E-state index contributed by atoms with van der Waals surface area (Å²) in [5.74, 6) is 0.0480. The van der Waals surface area contributed by atoms with Crippen LogP contribution in [-0.2, 0) is 6.18 Å². The van der Waals surface area contributed by atoms with E-state index < -0.39 is 11.7 Å². The monoisotopic (exact) mass is 292 g/mol. The Kier molecular flexibility index (Phi) is 2.71. The maximum atomic E-state index is 12.5. The predicted octanol–water partition coefficient (Wildman–Crippen LogP) is 3.52. The van der Waals surface area contributed by atoms with Crippen LogP contribution in [0.25, 0.3) is 11.5 Å². The first-order chi connectivity index (χ1) is 7.47. The van der Waals surface area contributed by atoms with Crippen LogP contribution in [-0.4, -0.2) is 10.2 Å². The Bertz CT molecular complexity index is 496. The summed E-state index contributed by atoms with van der Waals surface area (Å²) < 4.78 is 42.6. The van der Waals surface area contributed by atoms with Gasteiger partial charge in [-0.2, -0.15) is 13.2 Å². The molecule has 0 aliphatic carbocycles. The third-order valence-electron chi connectivity index (χ3n) is 1.83. The van der Waals surface area contributed by atoms with Gasteiger partial charge in [0.2, 0.25) is 12.3 Å². The van der Waals surface area contributed by atoms with E-state index in [0.29, 0.717) is 4.47 Å². The Morgan fingerprint density at radius 2 is 1.94 bits per heavy atom. The number of alkyl halides is 3. The number of aromatic nitrogens is 2. The highest BCUT2D eigenvalue weighted by Gasteiger charge is 2.31. The number of nitrogens with zero attached hydrogens (tertiary/aromatic N) is 2. The molecule has 2 aromatic rings. The fourth-order valence-corrected chi connectivity index (χ4v) is 1.67. The second-order valence-corrected chi connectivity index (χ2v) is 3.89. The van der Waals surface area contributed by atoms with Gasteiger partial charge < -0.3 is 4.42 Å². The van der Waals surface area contributed by atoms with Gasteiger partial charge in [0.05, 0.1) is 5.56 Å². The fraction of sp³-hybridized carbons (Fsp3) is 0.111. The summed E-state index contributed by atoms with van der Waals surface area (Å²) in [5.41, 5.74) is -0.547. The number of benzene rings is 1. The van der Waals surface area contributed by atoms with E-state index in [1.54, 1.807) is 0 Å². The van der Waals surface area contributed by atoms with Crippen molar-refractivity contribution in [1.82, 2.24) is 10.2 Å². The van der Waals surface area contributed by atoms with E-state index in [1.807, 2.05) is 0 Å². The second kappa shape index (κ2) is 3.89. The van der Waals surface area contributed by atoms with Gasteiger partial charge in [-0.3, -0.25) is 0 Å². The summed E-state index contributed by atoms with van der Waals surface area (Å²) in [5, 5.41) is 6.95. The van der Waals surface area contributed by atoms with E-state index in [-0.39, 0.29) is 11.5 Å². The number of rotatable bonds is 1. The lowest BCUT2D eigenvalue weighted by Gasteiger charge is -2.08. The van der Waals surface area contributed by atoms with E-state index in [0.717, 1.165) is 18.5 Å². The molecule has 0 atom stereocenters. The average Bonchev–Trinajstić information content (AvgIpc) is 2.68. The highest BCUT2D eigenvalue weighted by Crippen LogP contribution is 2.34. The minimum atomic E-state index is -4.40. The molecule has 0 saturated carbocycles. The van der Waals surface area contributed by atoms with Gasteiger partial charge in [0, 0.05) is 10.0 Å². The fourth-order valence-electron chi connectivity index (χ4n) is 1.18. The molecule has 0 aliphatic rings. The number of hydrogen-bond donors (Lipinski definition) is 0. The molecule has 0 amide bonds. The first-order valence-electron chi connectivity index (χ1n) is 4.11. The Morgan fingerprint density at radius 3 is 2.50 bits per heavy atom. The van der Waals surface area contributed by atoms with Crippen LogP contribution in [0.3, 0.4) is 0 Å². The third kappa shape index (κ3) is 2.24.